The summed E-state index contributed by atoms with van der Waals surface area (Å²) in [5.41, 5.74) is 14.1. The molecule has 1 amide bonds. The molecule has 6 N–H and O–H groups in total. The van der Waals surface area contributed by atoms with Crippen LogP contribution in [0.4, 0.5) is 20.8 Å². The van der Waals surface area contributed by atoms with Crippen molar-refractivity contribution >= 4 is 29.7 Å². The predicted octanol–water partition coefficient (Wildman–Crippen LogP) is 2.42. The number of ether oxygens (including phenoxy) is 1. The number of fused-ring (bicyclic) bond motifs is 1. The standard InChI is InChI=1S/C22H23FN8O2.CH2O2/c1-2-10-33-22(32)26-12-14-19(24)29-21(30-20(14)25)18-16-8-5-9-27-31(16)17(28-18)11-13-6-3-4-7-15(13)23;2-1-3/h3-9H,2,10-12H2,1H3,(H,26,32)(H4,24,25,29,30);1H,(H,2,3). The number of amides is 1. The van der Waals surface area contributed by atoms with Crippen LogP contribution in [0.1, 0.15) is 30.3 Å². The van der Waals surface area contributed by atoms with Gasteiger partial charge in [-0.2, -0.15) is 5.10 Å². The number of carbonyl (C=O) groups is 2. The van der Waals surface area contributed by atoms with E-state index in [1.54, 1.807) is 41.0 Å². The zero-order valence-corrected chi connectivity index (χ0v) is 19.4. The molecule has 36 heavy (non-hydrogen) atoms. The smallest absolute Gasteiger partial charge is 0.407 e. The Morgan fingerprint density at radius 2 is 1.86 bits per heavy atom. The number of nitrogens with zero attached hydrogens (tertiary/aromatic N) is 5. The topological polar surface area (TPSA) is 184 Å². The van der Waals surface area contributed by atoms with Crippen LogP contribution in [-0.2, 0) is 22.5 Å². The Kier molecular flexibility index (Phi) is 8.64. The monoisotopic (exact) mass is 496 g/mol. The molecule has 0 bridgehead atoms. The number of nitrogens with one attached hydrogen (secondary N) is 1. The van der Waals surface area contributed by atoms with Crippen LogP contribution in [-0.4, -0.2) is 48.8 Å². The van der Waals surface area contributed by atoms with E-state index in [1.807, 2.05) is 6.92 Å². The van der Waals surface area contributed by atoms with Gasteiger partial charge in [-0.25, -0.2) is 28.7 Å². The Morgan fingerprint density at radius 3 is 2.53 bits per heavy atom. The van der Waals surface area contributed by atoms with Crippen molar-refractivity contribution < 1.29 is 23.8 Å². The molecule has 4 rings (SSSR count). The molecule has 4 aromatic rings. The van der Waals surface area contributed by atoms with Crippen LogP contribution in [0.5, 0.6) is 0 Å². The minimum atomic E-state index is -0.580. The van der Waals surface area contributed by atoms with E-state index in [0.29, 0.717) is 41.2 Å². The fourth-order valence-corrected chi connectivity index (χ4v) is 3.29. The number of rotatable bonds is 7. The number of anilines is 2. The summed E-state index contributed by atoms with van der Waals surface area (Å²) in [4.78, 5) is 33.4. The van der Waals surface area contributed by atoms with Gasteiger partial charge in [0.1, 0.15) is 29.0 Å². The Morgan fingerprint density at radius 1 is 1.17 bits per heavy atom. The first-order valence-corrected chi connectivity index (χ1v) is 10.9. The van der Waals surface area contributed by atoms with Crippen LogP contribution in [0.2, 0.25) is 0 Å². The third-order valence-corrected chi connectivity index (χ3v) is 4.91. The Bertz CT molecular complexity index is 1340. The largest absolute Gasteiger partial charge is 0.483 e. The lowest BCUT2D eigenvalue weighted by molar-refractivity contribution is -0.122. The maximum Gasteiger partial charge on any atom is 0.407 e. The van der Waals surface area contributed by atoms with Gasteiger partial charge in [-0.1, -0.05) is 25.1 Å². The SMILES string of the molecule is CCCOC(=O)NCc1c(N)nc(-c2nc(Cc3ccccc3F)n3ncccc23)nc1N.O=CO. The zero-order chi connectivity index (χ0) is 26.1. The summed E-state index contributed by atoms with van der Waals surface area (Å²) in [6.07, 6.45) is 1.96. The second-order valence-corrected chi connectivity index (χ2v) is 7.36. The summed E-state index contributed by atoms with van der Waals surface area (Å²) >= 11 is 0. The van der Waals surface area contributed by atoms with Crippen molar-refractivity contribution in [1.29, 1.82) is 0 Å². The molecule has 0 aliphatic rings. The number of carbonyl (C=O) groups excluding carboxylic acids is 1. The van der Waals surface area contributed by atoms with Crippen LogP contribution >= 0.6 is 0 Å². The minimum Gasteiger partial charge on any atom is -0.483 e. The van der Waals surface area contributed by atoms with E-state index >= 15 is 0 Å². The van der Waals surface area contributed by atoms with Crippen molar-refractivity contribution in [3.8, 4) is 11.5 Å². The summed E-state index contributed by atoms with van der Waals surface area (Å²) < 4.78 is 20.8. The molecule has 0 saturated carbocycles. The number of hydrogen-bond donors (Lipinski definition) is 4. The molecule has 0 saturated heterocycles. The Labute approximate surface area is 205 Å². The van der Waals surface area contributed by atoms with E-state index in [1.165, 1.54) is 6.07 Å². The highest BCUT2D eigenvalue weighted by Crippen LogP contribution is 2.26. The third-order valence-electron chi connectivity index (χ3n) is 4.91. The van der Waals surface area contributed by atoms with Crippen LogP contribution in [0.15, 0.2) is 42.6 Å². The molecule has 12 nitrogen and oxygen atoms in total. The van der Waals surface area contributed by atoms with Gasteiger partial charge < -0.3 is 26.6 Å². The maximum absolute atomic E-state index is 14.2. The number of imidazole rings is 1. The van der Waals surface area contributed by atoms with E-state index in [9.17, 15) is 9.18 Å². The van der Waals surface area contributed by atoms with Crippen LogP contribution in [0, 0.1) is 5.82 Å². The first kappa shape index (κ1) is 25.8. The number of alkyl carbamates (subject to hydrolysis) is 1. The number of nitrogens with two attached hydrogens (primary N) is 2. The first-order valence-electron chi connectivity index (χ1n) is 10.9. The number of aromatic nitrogens is 5. The summed E-state index contributed by atoms with van der Waals surface area (Å²) in [5, 5.41) is 13.8. The highest BCUT2D eigenvalue weighted by Gasteiger charge is 2.20. The second kappa shape index (κ2) is 12.1. The molecular formula is C23H25FN8O4. The quantitative estimate of drug-likeness (QED) is 0.277. The van der Waals surface area contributed by atoms with Gasteiger partial charge in [0.15, 0.2) is 5.82 Å². The Hall–Kier alpha value is -4.81. The number of hydrogen-bond acceptors (Lipinski definition) is 9. The van der Waals surface area contributed by atoms with E-state index in [0.717, 1.165) is 0 Å². The fourth-order valence-electron chi connectivity index (χ4n) is 3.29. The van der Waals surface area contributed by atoms with Crippen molar-refractivity contribution in [2.45, 2.75) is 26.3 Å². The van der Waals surface area contributed by atoms with Crippen molar-refractivity contribution in [2.75, 3.05) is 18.1 Å². The molecule has 0 aliphatic heterocycles. The molecule has 1 aromatic carbocycles. The zero-order valence-electron chi connectivity index (χ0n) is 19.4. The maximum atomic E-state index is 14.2. The molecule has 0 unspecified atom stereocenters. The lowest BCUT2D eigenvalue weighted by Gasteiger charge is -2.11. The molecule has 0 aliphatic carbocycles. The lowest BCUT2D eigenvalue weighted by Crippen LogP contribution is -2.25. The third kappa shape index (κ3) is 6.00. The van der Waals surface area contributed by atoms with Crippen molar-refractivity contribution in [3.05, 3.63) is 65.4 Å². The normalized spacial score (nSPS) is 10.4. The van der Waals surface area contributed by atoms with Gasteiger partial charge in [0.2, 0.25) is 0 Å². The average molecular weight is 497 g/mol. The minimum absolute atomic E-state index is 0.0184. The molecule has 0 atom stereocenters. The van der Waals surface area contributed by atoms with Crippen LogP contribution < -0.4 is 16.8 Å². The summed E-state index contributed by atoms with van der Waals surface area (Å²) in [7, 11) is 0. The average Bonchev–Trinajstić information content (AvgIpc) is 3.22. The molecule has 0 fully saturated rings. The van der Waals surface area contributed by atoms with Gasteiger partial charge in [-0.15, -0.1) is 0 Å². The predicted molar refractivity (Wildman–Crippen MR) is 129 cm³/mol. The Balaban J connectivity index is 0.00000115. The van der Waals surface area contributed by atoms with Gasteiger partial charge >= 0.3 is 6.09 Å². The molecule has 0 radical (unpaired) electrons. The van der Waals surface area contributed by atoms with Gasteiger partial charge in [-0.3, -0.25) is 4.79 Å². The van der Waals surface area contributed by atoms with E-state index < -0.39 is 6.09 Å². The molecular weight excluding hydrogens is 471 g/mol. The van der Waals surface area contributed by atoms with Crippen LogP contribution in [0.3, 0.4) is 0 Å². The lowest BCUT2D eigenvalue weighted by atomic mass is 10.1. The number of benzene rings is 1. The highest BCUT2D eigenvalue weighted by molar-refractivity contribution is 5.75. The van der Waals surface area contributed by atoms with Crippen molar-refractivity contribution in [2.24, 2.45) is 0 Å². The van der Waals surface area contributed by atoms with Crippen LogP contribution in [0.25, 0.3) is 17.0 Å². The molecule has 0 spiro atoms. The summed E-state index contributed by atoms with van der Waals surface area (Å²) in [6, 6.07) is 10.0. The highest BCUT2D eigenvalue weighted by atomic mass is 19.1. The summed E-state index contributed by atoms with van der Waals surface area (Å²) in [6.45, 7) is 1.97. The second-order valence-electron chi connectivity index (χ2n) is 7.36. The van der Waals surface area contributed by atoms with Gasteiger partial charge in [0, 0.05) is 12.6 Å². The molecule has 188 valence electrons. The van der Waals surface area contributed by atoms with E-state index in [4.69, 9.17) is 26.1 Å². The number of halogens is 1. The number of carboxylic acid groups (broad SMARTS) is 1. The van der Waals surface area contributed by atoms with Gasteiger partial charge in [-0.05, 0) is 30.2 Å². The van der Waals surface area contributed by atoms with Crippen molar-refractivity contribution in [1.82, 2.24) is 29.9 Å². The van der Waals surface area contributed by atoms with E-state index in [2.05, 4.69) is 25.4 Å². The van der Waals surface area contributed by atoms with Gasteiger partial charge in [0.05, 0.1) is 24.2 Å². The van der Waals surface area contributed by atoms with E-state index in [-0.39, 0.29) is 42.7 Å². The summed E-state index contributed by atoms with van der Waals surface area (Å²) in [5.74, 6) is 0.595. The molecule has 13 heteroatoms. The molecule has 3 heterocycles. The fraction of sp³-hybridized carbons (Fsp3) is 0.217. The molecule has 3 aromatic heterocycles. The van der Waals surface area contributed by atoms with Crippen molar-refractivity contribution in [3.63, 3.8) is 0 Å². The number of nitrogen functional groups attached to an aromatic ring is 2. The van der Waals surface area contributed by atoms with Gasteiger partial charge in [0.25, 0.3) is 6.47 Å². The first-order chi connectivity index (χ1) is 17.4.